The van der Waals surface area contributed by atoms with Gasteiger partial charge in [-0.1, -0.05) is 30.3 Å². The Kier molecular flexibility index (Phi) is 2.62. The largest absolute Gasteiger partial charge is 0.366 e. The highest BCUT2D eigenvalue weighted by Gasteiger charge is 2.20. The third-order valence-corrected chi connectivity index (χ3v) is 4.50. The van der Waals surface area contributed by atoms with Crippen LogP contribution in [0.4, 0.5) is 5.69 Å². The van der Waals surface area contributed by atoms with Crippen LogP contribution in [0, 0.1) is 0 Å². The zero-order valence-corrected chi connectivity index (χ0v) is 11.8. The van der Waals surface area contributed by atoms with Crippen LogP contribution in [0.5, 0.6) is 0 Å². The number of carbonyl (C=O) groups excluding carboxylic acids is 1. The molecule has 0 unspecified atom stereocenters. The molecule has 1 aliphatic heterocycles. The number of primary amides is 1. The van der Waals surface area contributed by atoms with Crippen LogP contribution < -0.4 is 10.5 Å². The Morgan fingerprint density at radius 2 is 1.95 bits per heavy atom. The molecule has 0 aliphatic carbocycles. The molecule has 102 valence electrons. The van der Waals surface area contributed by atoms with E-state index in [0.717, 1.165) is 22.2 Å². The summed E-state index contributed by atoms with van der Waals surface area (Å²) in [6.45, 7) is 0. The third kappa shape index (κ3) is 1.78. The van der Waals surface area contributed by atoms with Gasteiger partial charge in [-0.3, -0.25) is 9.78 Å². The highest BCUT2D eigenvalue weighted by molar-refractivity contribution is 8.00. The minimum absolute atomic E-state index is 0.439. The Morgan fingerprint density at radius 3 is 2.81 bits per heavy atom. The second-order valence-corrected chi connectivity index (χ2v) is 5.66. The summed E-state index contributed by atoms with van der Waals surface area (Å²) in [6.07, 6.45) is 1.62. The van der Waals surface area contributed by atoms with Crippen molar-refractivity contribution in [3.63, 3.8) is 0 Å². The Bertz CT molecular complexity index is 892. The number of hydrogen-bond acceptors (Lipinski definition) is 4. The van der Waals surface area contributed by atoms with Crippen molar-refractivity contribution < 1.29 is 4.79 Å². The molecule has 0 saturated carbocycles. The van der Waals surface area contributed by atoms with Crippen LogP contribution in [0.2, 0.25) is 0 Å². The molecule has 21 heavy (non-hydrogen) atoms. The van der Waals surface area contributed by atoms with E-state index in [2.05, 4.69) is 21.8 Å². The molecule has 0 saturated heterocycles. The van der Waals surface area contributed by atoms with Gasteiger partial charge in [-0.15, -0.1) is 0 Å². The fourth-order valence-electron chi connectivity index (χ4n) is 2.65. The summed E-state index contributed by atoms with van der Waals surface area (Å²) < 4.78 is 3.33. The molecule has 1 aliphatic rings. The number of carbonyl (C=O) groups is 1. The first kappa shape index (κ1) is 12.2. The van der Waals surface area contributed by atoms with E-state index < -0.39 is 5.91 Å². The van der Waals surface area contributed by atoms with Crippen LogP contribution >= 0.6 is 11.9 Å². The van der Waals surface area contributed by atoms with E-state index in [-0.39, 0.29) is 0 Å². The highest BCUT2D eigenvalue weighted by Crippen LogP contribution is 2.44. The standard InChI is InChI=1S/C16H11N3OS/c17-16(20)12-7-8-18-14-11(12)6-5-10-9-3-1-2-4-13(9)21-19-15(10)14/h1-8,19H,(H2,17,20). The first-order valence-corrected chi connectivity index (χ1v) is 7.31. The molecule has 0 bridgehead atoms. The van der Waals surface area contributed by atoms with Gasteiger partial charge in [-0.2, -0.15) is 0 Å². The number of nitrogens with zero attached hydrogens (tertiary/aromatic N) is 1. The molecular weight excluding hydrogens is 282 g/mol. The zero-order chi connectivity index (χ0) is 14.4. The molecule has 0 spiro atoms. The predicted molar refractivity (Wildman–Crippen MR) is 85.2 cm³/mol. The number of rotatable bonds is 1. The van der Waals surface area contributed by atoms with Crippen LogP contribution in [-0.4, -0.2) is 10.9 Å². The van der Waals surface area contributed by atoms with Crippen molar-refractivity contribution in [2.75, 3.05) is 4.72 Å². The van der Waals surface area contributed by atoms with Crippen molar-refractivity contribution in [3.8, 4) is 11.1 Å². The average molecular weight is 293 g/mol. The van der Waals surface area contributed by atoms with Gasteiger partial charge >= 0.3 is 0 Å². The fourth-order valence-corrected chi connectivity index (χ4v) is 3.50. The Hall–Kier alpha value is -2.53. The number of fused-ring (bicyclic) bond motifs is 5. The van der Waals surface area contributed by atoms with E-state index in [1.807, 2.05) is 24.3 Å². The predicted octanol–water partition coefficient (Wildman–Crippen LogP) is 3.43. The monoisotopic (exact) mass is 293 g/mol. The number of anilines is 1. The van der Waals surface area contributed by atoms with Crippen molar-refractivity contribution in [3.05, 3.63) is 54.2 Å². The molecule has 2 aromatic carbocycles. The van der Waals surface area contributed by atoms with E-state index in [0.29, 0.717) is 5.56 Å². The smallest absolute Gasteiger partial charge is 0.249 e. The number of nitrogens with one attached hydrogen (secondary N) is 1. The maximum atomic E-state index is 11.6. The SMILES string of the molecule is NC(=O)c1ccnc2c3c(ccc12)-c1ccccc1SN3. The van der Waals surface area contributed by atoms with E-state index in [1.165, 1.54) is 10.5 Å². The van der Waals surface area contributed by atoms with Crippen LogP contribution in [0.3, 0.4) is 0 Å². The average Bonchev–Trinajstić information content (AvgIpc) is 2.53. The highest BCUT2D eigenvalue weighted by atomic mass is 32.2. The molecule has 4 rings (SSSR count). The maximum absolute atomic E-state index is 11.6. The Labute approximate surface area is 125 Å². The molecule has 2 heterocycles. The van der Waals surface area contributed by atoms with Gasteiger partial charge in [0.25, 0.3) is 0 Å². The van der Waals surface area contributed by atoms with Crippen molar-refractivity contribution >= 4 is 34.4 Å². The topological polar surface area (TPSA) is 68.0 Å². The molecule has 1 aromatic heterocycles. The molecule has 3 aromatic rings. The molecule has 4 nitrogen and oxygen atoms in total. The van der Waals surface area contributed by atoms with Gasteiger partial charge in [0.15, 0.2) is 0 Å². The Morgan fingerprint density at radius 1 is 1.10 bits per heavy atom. The lowest BCUT2D eigenvalue weighted by Crippen LogP contribution is -2.12. The van der Waals surface area contributed by atoms with Crippen molar-refractivity contribution in [2.24, 2.45) is 5.73 Å². The van der Waals surface area contributed by atoms with Crippen molar-refractivity contribution in [1.29, 1.82) is 0 Å². The first-order valence-electron chi connectivity index (χ1n) is 6.49. The van der Waals surface area contributed by atoms with Gasteiger partial charge in [-0.05, 0) is 29.6 Å². The lowest BCUT2D eigenvalue weighted by Gasteiger charge is -2.21. The van der Waals surface area contributed by atoms with Crippen LogP contribution in [0.25, 0.3) is 22.0 Å². The minimum atomic E-state index is -0.439. The molecular formula is C16H11N3OS. The summed E-state index contributed by atoms with van der Waals surface area (Å²) in [4.78, 5) is 17.2. The summed E-state index contributed by atoms with van der Waals surface area (Å²) in [5, 5.41) is 0.774. The Balaban J connectivity index is 2.06. The molecule has 0 fully saturated rings. The number of amides is 1. The normalized spacial score (nSPS) is 12.4. The summed E-state index contributed by atoms with van der Waals surface area (Å²) >= 11 is 1.55. The quantitative estimate of drug-likeness (QED) is 0.674. The van der Waals surface area contributed by atoms with Crippen LogP contribution in [0.1, 0.15) is 10.4 Å². The van der Waals surface area contributed by atoms with E-state index in [9.17, 15) is 4.79 Å². The molecule has 1 amide bonds. The van der Waals surface area contributed by atoms with Gasteiger partial charge in [0.2, 0.25) is 5.91 Å². The first-order chi connectivity index (χ1) is 10.3. The van der Waals surface area contributed by atoms with E-state index in [1.54, 1.807) is 24.2 Å². The maximum Gasteiger partial charge on any atom is 0.249 e. The fraction of sp³-hybridized carbons (Fsp3) is 0. The number of pyridine rings is 1. The number of hydrogen-bond donors (Lipinski definition) is 2. The lowest BCUT2D eigenvalue weighted by molar-refractivity contribution is 0.100. The number of aromatic nitrogens is 1. The van der Waals surface area contributed by atoms with Crippen LogP contribution in [-0.2, 0) is 0 Å². The summed E-state index contributed by atoms with van der Waals surface area (Å²) in [7, 11) is 0. The van der Waals surface area contributed by atoms with Gasteiger partial charge in [0.1, 0.15) is 0 Å². The molecule has 0 radical (unpaired) electrons. The van der Waals surface area contributed by atoms with Gasteiger partial charge in [0.05, 0.1) is 16.8 Å². The van der Waals surface area contributed by atoms with Crippen LogP contribution in [0.15, 0.2) is 53.6 Å². The second-order valence-electron chi connectivity index (χ2n) is 4.81. The lowest BCUT2D eigenvalue weighted by atomic mass is 9.99. The van der Waals surface area contributed by atoms with Crippen molar-refractivity contribution in [1.82, 2.24) is 4.98 Å². The number of nitrogens with two attached hydrogens (primary N) is 1. The molecule has 0 atom stereocenters. The molecule has 5 heteroatoms. The van der Waals surface area contributed by atoms with E-state index in [4.69, 9.17) is 5.73 Å². The molecule has 3 N–H and O–H groups in total. The minimum Gasteiger partial charge on any atom is -0.366 e. The zero-order valence-electron chi connectivity index (χ0n) is 11.0. The van der Waals surface area contributed by atoms with E-state index >= 15 is 0 Å². The number of benzene rings is 2. The van der Waals surface area contributed by atoms with Gasteiger partial charge in [-0.25, -0.2) is 0 Å². The van der Waals surface area contributed by atoms with Crippen molar-refractivity contribution in [2.45, 2.75) is 4.90 Å². The summed E-state index contributed by atoms with van der Waals surface area (Å²) in [5.41, 5.74) is 9.89. The summed E-state index contributed by atoms with van der Waals surface area (Å²) in [5.74, 6) is -0.439. The third-order valence-electron chi connectivity index (χ3n) is 3.62. The van der Waals surface area contributed by atoms with Gasteiger partial charge < -0.3 is 10.5 Å². The summed E-state index contributed by atoms with van der Waals surface area (Å²) in [6, 6.07) is 13.8. The van der Waals surface area contributed by atoms with Gasteiger partial charge in [0, 0.05) is 22.0 Å². The second kappa shape index (κ2) is 4.49.